The Labute approximate surface area is 174 Å². The number of non-ortho nitro benzene ring substituents is 1. The zero-order valence-corrected chi connectivity index (χ0v) is 17.3. The van der Waals surface area contributed by atoms with Crippen molar-refractivity contribution in [3.8, 4) is 0 Å². The number of benzene rings is 1. The van der Waals surface area contributed by atoms with E-state index in [-0.39, 0.29) is 41.1 Å². The number of nitrogens with one attached hydrogen (secondary N) is 1. The van der Waals surface area contributed by atoms with E-state index in [1.807, 2.05) is 13.8 Å². The van der Waals surface area contributed by atoms with Crippen molar-refractivity contribution >= 4 is 40.5 Å². The van der Waals surface area contributed by atoms with Gasteiger partial charge in [-0.3, -0.25) is 24.6 Å². The minimum absolute atomic E-state index is 0.0349. The van der Waals surface area contributed by atoms with Gasteiger partial charge >= 0.3 is 0 Å². The molecule has 0 radical (unpaired) electrons. The van der Waals surface area contributed by atoms with Gasteiger partial charge in [-0.2, -0.15) is 0 Å². The van der Waals surface area contributed by atoms with Crippen LogP contribution in [0, 0.1) is 15.5 Å². The van der Waals surface area contributed by atoms with Crippen molar-refractivity contribution in [3.63, 3.8) is 0 Å². The molecule has 2 amide bonds. The molecule has 0 unspecified atom stereocenters. The van der Waals surface area contributed by atoms with Gasteiger partial charge in [0.1, 0.15) is 0 Å². The summed E-state index contributed by atoms with van der Waals surface area (Å²) in [4.78, 5) is 41.7. The highest BCUT2D eigenvalue weighted by Crippen LogP contribution is 2.48. The Morgan fingerprint density at radius 2 is 2.14 bits per heavy atom. The largest absolute Gasteiger partial charge is 0.367 e. The maximum Gasteiger partial charge on any atom is 0.269 e. The highest BCUT2D eigenvalue weighted by atomic mass is 32.1. The molecule has 2 saturated heterocycles. The van der Waals surface area contributed by atoms with Gasteiger partial charge in [0.25, 0.3) is 5.69 Å². The Bertz CT molecular complexity index is 920. The van der Waals surface area contributed by atoms with Crippen molar-refractivity contribution in [2.45, 2.75) is 58.0 Å². The first kappa shape index (κ1) is 19.8. The van der Waals surface area contributed by atoms with Gasteiger partial charge in [-0.05, 0) is 56.5 Å². The molecule has 1 N–H and O–H groups in total. The van der Waals surface area contributed by atoms with E-state index in [1.54, 1.807) is 6.07 Å². The number of amides is 2. The summed E-state index contributed by atoms with van der Waals surface area (Å²) in [6, 6.07) is 4.32. The van der Waals surface area contributed by atoms with Crippen LogP contribution in [0.1, 0.15) is 45.1 Å². The number of nitrogens with zero attached hydrogens (tertiary/aromatic N) is 3. The number of carbonyl (C=O) groups is 2. The predicted molar refractivity (Wildman–Crippen MR) is 112 cm³/mol. The van der Waals surface area contributed by atoms with E-state index in [2.05, 4.69) is 10.2 Å². The molecule has 0 saturated carbocycles. The van der Waals surface area contributed by atoms with Crippen molar-refractivity contribution < 1.29 is 14.5 Å². The molecule has 3 heterocycles. The fraction of sp³-hybridized carbons (Fsp3) is 0.550. The molecule has 4 rings (SSSR count). The number of nitro benzene ring substituents is 1. The van der Waals surface area contributed by atoms with Crippen LogP contribution in [0.2, 0.25) is 0 Å². The zero-order valence-electron chi connectivity index (χ0n) is 16.5. The number of carbonyl (C=O) groups excluding carboxylic acids is 2. The minimum atomic E-state index is -1.33. The Hall–Kier alpha value is -2.55. The summed E-state index contributed by atoms with van der Waals surface area (Å²) >= 11 is 5.33. The van der Waals surface area contributed by atoms with Gasteiger partial charge in [0, 0.05) is 36.8 Å². The average molecular weight is 417 g/mol. The fourth-order valence-corrected chi connectivity index (χ4v) is 5.32. The Morgan fingerprint density at radius 1 is 1.38 bits per heavy atom. The molecule has 2 fully saturated rings. The maximum absolute atomic E-state index is 13.8. The zero-order chi connectivity index (χ0) is 20.9. The lowest BCUT2D eigenvalue weighted by Gasteiger charge is -2.54. The first-order valence-corrected chi connectivity index (χ1v) is 10.4. The lowest BCUT2D eigenvalue weighted by molar-refractivity contribution is -0.384. The minimum Gasteiger partial charge on any atom is -0.367 e. The van der Waals surface area contributed by atoms with E-state index in [0.717, 1.165) is 24.9 Å². The van der Waals surface area contributed by atoms with E-state index in [4.69, 9.17) is 12.2 Å². The van der Waals surface area contributed by atoms with Crippen LogP contribution >= 0.6 is 12.2 Å². The molecule has 0 bridgehead atoms. The number of hydrogen-bond acceptors (Lipinski definition) is 6. The average Bonchev–Trinajstić information content (AvgIpc) is 2.71. The smallest absolute Gasteiger partial charge is 0.269 e. The van der Waals surface area contributed by atoms with Crippen LogP contribution in [0.3, 0.4) is 0 Å². The van der Waals surface area contributed by atoms with Crippen LogP contribution < -0.4 is 10.2 Å². The van der Waals surface area contributed by atoms with Gasteiger partial charge < -0.3 is 10.2 Å². The summed E-state index contributed by atoms with van der Waals surface area (Å²) in [5.41, 5.74) is 0.189. The summed E-state index contributed by atoms with van der Waals surface area (Å²) in [6.45, 7) is 4.59. The normalized spacial score (nSPS) is 27.4. The third kappa shape index (κ3) is 2.82. The number of rotatable bonds is 3. The fourth-order valence-electron chi connectivity index (χ4n) is 4.96. The highest BCUT2D eigenvalue weighted by Gasteiger charge is 2.61. The lowest BCUT2D eigenvalue weighted by Crippen LogP contribution is -2.73. The Balaban J connectivity index is 1.88. The quantitative estimate of drug-likeness (QED) is 0.352. The van der Waals surface area contributed by atoms with E-state index < -0.39 is 10.3 Å². The van der Waals surface area contributed by atoms with Crippen LogP contribution in [0.5, 0.6) is 0 Å². The molecule has 1 spiro atoms. The molecule has 8 nitrogen and oxygen atoms in total. The number of anilines is 1. The second-order valence-corrected chi connectivity index (χ2v) is 8.50. The van der Waals surface area contributed by atoms with Crippen molar-refractivity contribution in [3.05, 3.63) is 33.9 Å². The molecule has 0 aliphatic carbocycles. The van der Waals surface area contributed by atoms with E-state index in [0.29, 0.717) is 18.5 Å². The maximum atomic E-state index is 13.8. The molecule has 154 valence electrons. The summed E-state index contributed by atoms with van der Waals surface area (Å²) in [6.07, 6.45) is 3.45. The summed E-state index contributed by atoms with van der Waals surface area (Å²) in [5, 5.41) is 14.2. The van der Waals surface area contributed by atoms with Crippen LogP contribution in [0.25, 0.3) is 0 Å². The van der Waals surface area contributed by atoms with Crippen molar-refractivity contribution in [2.24, 2.45) is 5.41 Å². The third-order valence-electron chi connectivity index (χ3n) is 6.60. The first-order chi connectivity index (χ1) is 13.8. The van der Waals surface area contributed by atoms with Crippen LogP contribution in [-0.4, -0.2) is 45.4 Å². The summed E-state index contributed by atoms with van der Waals surface area (Å²) < 4.78 is 0. The van der Waals surface area contributed by atoms with E-state index in [9.17, 15) is 19.7 Å². The number of thiocarbonyl (C=S) groups is 1. The second-order valence-electron chi connectivity index (χ2n) is 8.11. The number of hydrogen-bond donors (Lipinski definition) is 1. The van der Waals surface area contributed by atoms with Crippen LogP contribution in [-0.2, 0) is 16.0 Å². The van der Waals surface area contributed by atoms with Gasteiger partial charge in [0.2, 0.25) is 11.8 Å². The number of nitro groups is 1. The molecule has 29 heavy (non-hydrogen) atoms. The molecular formula is C20H24N4O4S. The standard InChI is InChI=1S/C20H24N4O4S/c1-3-12(2)23-18(26)20(17(25)21-19(23)29)11-13-10-14(24(27)28)7-8-15(13)22-9-5-4-6-16(20)22/h7-8,10,12,16H,3-6,9,11H2,1-2H3,(H,21,25,29)/t12-,16-,20-/m1/s1. The first-order valence-electron chi connectivity index (χ1n) is 10.0. The lowest BCUT2D eigenvalue weighted by atomic mass is 9.66. The van der Waals surface area contributed by atoms with E-state index >= 15 is 0 Å². The summed E-state index contributed by atoms with van der Waals surface area (Å²) in [7, 11) is 0. The SMILES string of the molecule is CC[C@@H](C)N1C(=O)[C@@]2(Cc3cc([N+](=O)[O-])ccc3N3CCCC[C@@H]32)C(=O)NC1=S. The summed E-state index contributed by atoms with van der Waals surface area (Å²) in [5.74, 6) is -0.671. The molecule has 0 aromatic heterocycles. The number of fused-ring (bicyclic) bond motifs is 4. The monoisotopic (exact) mass is 416 g/mol. The molecule has 3 aliphatic rings. The highest BCUT2D eigenvalue weighted by molar-refractivity contribution is 7.80. The van der Waals surface area contributed by atoms with Gasteiger partial charge in [0.05, 0.1) is 11.0 Å². The molecule has 3 aliphatic heterocycles. The van der Waals surface area contributed by atoms with Gasteiger partial charge in [-0.1, -0.05) is 6.92 Å². The Kier molecular flexibility index (Phi) is 4.80. The molecule has 1 aromatic carbocycles. The molecule has 9 heteroatoms. The number of piperidine rings is 1. The molecule has 1 aromatic rings. The predicted octanol–water partition coefficient (Wildman–Crippen LogP) is 2.54. The van der Waals surface area contributed by atoms with Crippen LogP contribution in [0.15, 0.2) is 18.2 Å². The van der Waals surface area contributed by atoms with Gasteiger partial charge in [-0.25, -0.2) is 0 Å². The van der Waals surface area contributed by atoms with Crippen LogP contribution in [0.4, 0.5) is 11.4 Å². The van der Waals surface area contributed by atoms with E-state index in [1.165, 1.54) is 17.0 Å². The van der Waals surface area contributed by atoms with Gasteiger partial charge in [0.15, 0.2) is 10.5 Å². The Morgan fingerprint density at radius 3 is 2.83 bits per heavy atom. The third-order valence-corrected chi connectivity index (χ3v) is 6.90. The topological polar surface area (TPSA) is 95.8 Å². The van der Waals surface area contributed by atoms with Crippen molar-refractivity contribution in [2.75, 3.05) is 11.4 Å². The van der Waals surface area contributed by atoms with Gasteiger partial charge in [-0.15, -0.1) is 0 Å². The molecular weight excluding hydrogens is 392 g/mol. The molecule has 3 atom stereocenters. The van der Waals surface area contributed by atoms with Crippen molar-refractivity contribution in [1.82, 2.24) is 10.2 Å². The second kappa shape index (κ2) is 7.05. The van der Waals surface area contributed by atoms with Crippen molar-refractivity contribution in [1.29, 1.82) is 0 Å².